The van der Waals surface area contributed by atoms with Gasteiger partial charge in [-0.3, -0.25) is 9.59 Å². The van der Waals surface area contributed by atoms with E-state index in [9.17, 15) is 14.4 Å². The molecular weight excluding hydrogens is 400 g/mol. The number of nitrogens with zero attached hydrogens (tertiary/aromatic N) is 4. The van der Waals surface area contributed by atoms with Crippen LogP contribution in [0.15, 0.2) is 6.20 Å². The van der Waals surface area contributed by atoms with Gasteiger partial charge < -0.3 is 20.7 Å². The van der Waals surface area contributed by atoms with Gasteiger partial charge in [0.1, 0.15) is 17.3 Å². The highest BCUT2D eigenvalue weighted by atomic mass is 16.6. The van der Waals surface area contributed by atoms with Crippen molar-refractivity contribution in [2.45, 2.75) is 84.4 Å². The van der Waals surface area contributed by atoms with E-state index in [2.05, 4.69) is 15.6 Å². The van der Waals surface area contributed by atoms with Gasteiger partial charge in [0, 0.05) is 13.1 Å². The van der Waals surface area contributed by atoms with Gasteiger partial charge in [-0.15, -0.1) is 5.10 Å². The van der Waals surface area contributed by atoms with Gasteiger partial charge in [0.2, 0.25) is 11.8 Å². The zero-order chi connectivity index (χ0) is 23.2. The molecular formula is C21H36N6O4. The van der Waals surface area contributed by atoms with E-state index in [0.717, 1.165) is 25.7 Å². The zero-order valence-corrected chi connectivity index (χ0v) is 19.3. The molecule has 0 aliphatic carbocycles. The van der Waals surface area contributed by atoms with Gasteiger partial charge in [0.05, 0.1) is 18.7 Å². The summed E-state index contributed by atoms with van der Waals surface area (Å²) < 4.78 is 6.77. The van der Waals surface area contributed by atoms with Gasteiger partial charge in [0.25, 0.3) is 0 Å². The molecule has 1 aromatic heterocycles. The van der Waals surface area contributed by atoms with E-state index in [1.807, 2.05) is 13.8 Å². The van der Waals surface area contributed by atoms with Crippen molar-refractivity contribution in [2.24, 2.45) is 11.7 Å². The van der Waals surface area contributed by atoms with Crippen LogP contribution in [0.2, 0.25) is 0 Å². The number of likely N-dealkylation sites (tertiary alicyclic amines) is 1. The molecule has 1 aromatic rings. The van der Waals surface area contributed by atoms with Crippen LogP contribution in [0.25, 0.3) is 0 Å². The fourth-order valence-electron chi connectivity index (χ4n) is 3.57. The maximum atomic E-state index is 13.1. The molecule has 10 nitrogen and oxygen atoms in total. The first-order valence-electron chi connectivity index (χ1n) is 11.0. The van der Waals surface area contributed by atoms with Gasteiger partial charge in [-0.2, -0.15) is 0 Å². The molecule has 1 saturated heterocycles. The quantitative estimate of drug-likeness (QED) is 0.643. The van der Waals surface area contributed by atoms with Crippen LogP contribution in [0.4, 0.5) is 4.79 Å². The molecule has 0 aromatic carbocycles. The van der Waals surface area contributed by atoms with E-state index in [1.54, 1.807) is 31.9 Å². The Balaban J connectivity index is 2.25. The monoisotopic (exact) mass is 436 g/mol. The molecule has 2 rings (SSSR count). The number of nitrogens with two attached hydrogens (primary N) is 1. The number of piperidine rings is 1. The Kier molecular flexibility index (Phi) is 8.41. The number of aromatic nitrogens is 3. The van der Waals surface area contributed by atoms with Crippen LogP contribution < -0.4 is 11.1 Å². The second-order valence-electron chi connectivity index (χ2n) is 9.21. The van der Waals surface area contributed by atoms with Crippen LogP contribution in [0.1, 0.15) is 84.5 Å². The Hall–Kier alpha value is -2.65. The Morgan fingerprint density at radius 3 is 2.42 bits per heavy atom. The number of carbonyl (C=O) groups is 3. The van der Waals surface area contributed by atoms with Crippen LogP contribution in [0.5, 0.6) is 0 Å². The number of carbonyl (C=O) groups excluding carboxylic acids is 3. The Bertz CT molecular complexity index is 766. The third-order valence-electron chi connectivity index (χ3n) is 5.40. The molecule has 0 saturated carbocycles. The summed E-state index contributed by atoms with van der Waals surface area (Å²) >= 11 is 0. The number of rotatable bonds is 8. The predicted molar refractivity (Wildman–Crippen MR) is 115 cm³/mol. The standard InChI is InChI=1S/C21H36N6O4/c1-6-14(2)18(23-20(30)31-21(3,4)5)15-13-27(25-24-15)16(12-17(22)28)19(29)26-10-8-7-9-11-26/h13-14,16,18H,6-12H2,1-5H3,(H2,22,28)(H,23,30)/t14-,16-,18-/m0/s1. The third-order valence-corrected chi connectivity index (χ3v) is 5.40. The summed E-state index contributed by atoms with van der Waals surface area (Å²) in [6.07, 6.45) is 4.65. The number of primary amides is 1. The number of amides is 3. The molecule has 3 amide bonds. The molecule has 0 spiro atoms. The first-order valence-corrected chi connectivity index (χ1v) is 11.0. The Labute approximate surface area is 183 Å². The number of ether oxygens (including phenoxy) is 1. The summed E-state index contributed by atoms with van der Waals surface area (Å²) in [5, 5.41) is 11.2. The van der Waals surface area contributed by atoms with Crippen molar-refractivity contribution in [2.75, 3.05) is 13.1 Å². The van der Waals surface area contributed by atoms with Crippen molar-refractivity contribution < 1.29 is 19.1 Å². The summed E-state index contributed by atoms with van der Waals surface area (Å²) in [5.74, 6) is -0.724. The van der Waals surface area contributed by atoms with Crippen LogP contribution in [0, 0.1) is 5.92 Å². The fraction of sp³-hybridized carbons (Fsp3) is 0.762. The molecule has 1 aliphatic heterocycles. The lowest BCUT2D eigenvalue weighted by Gasteiger charge is -2.30. The highest BCUT2D eigenvalue weighted by Gasteiger charge is 2.32. The molecule has 2 heterocycles. The lowest BCUT2D eigenvalue weighted by atomic mass is 9.97. The summed E-state index contributed by atoms with van der Waals surface area (Å²) in [7, 11) is 0. The van der Waals surface area contributed by atoms with Crippen LogP contribution in [-0.4, -0.2) is 56.5 Å². The van der Waals surface area contributed by atoms with Crippen LogP contribution in [-0.2, 0) is 14.3 Å². The molecule has 0 unspecified atom stereocenters. The minimum atomic E-state index is -0.851. The fourth-order valence-corrected chi connectivity index (χ4v) is 3.57. The highest BCUT2D eigenvalue weighted by molar-refractivity contribution is 5.86. The molecule has 3 N–H and O–H groups in total. The van der Waals surface area contributed by atoms with Crippen molar-refractivity contribution in [3.05, 3.63) is 11.9 Å². The minimum Gasteiger partial charge on any atom is -0.444 e. The first kappa shape index (κ1) is 24.6. The highest BCUT2D eigenvalue weighted by Crippen LogP contribution is 2.25. The summed E-state index contributed by atoms with van der Waals surface area (Å²) in [5.41, 5.74) is 5.29. The van der Waals surface area contributed by atoms with Gasteiger partial charge in [-0.25, -0.2) is 9.48 Å². The second-order valence-corrected chi connectivity index (χ2v) is 9.21. The topological polar surface area (TPSA) is 132 Å². The summed E-state index contributed by atoms with van der Waals surface area (Å²) in [6.45, 7) is 10.7. The van der Waals surface area contributed by atoms with Gasteiger partial charge in [0.15, 0.2) is 0 Å². The minimum absolute atomic E-state index is 0.0463. The smallest absolute Gasteiger partial charge is 0.408 e. The normalized spacial score (nSPS) is 17.5. The molecule has 0 radical (unpaired) electrons. The summed E-state index contributed by atoms with van der Waals surface area (Å²) in [6, 6.07) is -1.30. The van der Waals surface area contributed by atoms with E-state index in [1.165, 1.54) is 4.68 Å². The molecule has 0 bridgehead atoms. The van der Waals surface area contributed by atoms with Gasteiger partial charge in [-0.1, -0.05) is 25.5 Å². The van der Waals surface area contributed by atoms with Crippen LogP contribution in [0.3, 0.4) is 0 Å². The maximum Gasteiger partial charge on any atom is 0.408 e. The molecule has 10 heteroatoms. The number of nitrogens with one attached hydrogen (secondary N) is 1. The third kappa shape index (κ3) is 7.22. The number of alkyl carbamates (subject to hydrolysis) is 1. The van der Waals surface area contributed by atoms with E-state index in [0.29, 0.717) is 18.8 Å². The van der Waals surface area contributed by atoms with E-state index < -0.39 is 29.7 Å². The predicted octanol–water partition coefficient (Wildman–Crippen LogP) is 2.32. The zero-order valence-electron chi connectivity index (χ0n) is 19.3. The van der Waals surface area contributed by atoms with Crippen molar-refractivity contribution in [3.63, 3.8) is 0 Å². The number of hydrogen-bond acceptors (Lipinski definition) is 6. The lowest BCUT2D eigenvalue weighted by Crippen LogP contribution is -2.42. The average molecular weight is 437 g/mol. The first-order chi connectivity index (χ1) is 14.5. The molecule has 1 aliphatic rings. The van der Waals surface area contributed by atoms with E-state index in [-0.39, 0.29) is 18.2 Å². The molecule has 174 valence electrons. The SMILES string of the molecule is CC[C@H](C)[C@H](NC(=O)OC(C)(C)C)c1cn([C@@H](CC(N)=O)C(=O)N2CCCCC2)nn1. The van der Waals surface area contributed by atoms with Gasteiger partial charge >= 0.3 is 6.09 Å². The van der Waals surface area contributed by atoms with Gasteiger partial charge in [-0.05, 0) is 46.0 Å². The van der Waals surface area contributed by atoms with Crippen molar-refractivity contribution >= 4 is 17.9 Å². The maximum absolute atomic E-state index is 13.1. The lowest BCUT2D eigenvalue weighted by molar-refractivity contribution is -0.138. The van der Waals surface area contributed by atoms with Crippen molar-refractivity contribution in [1.82, 2.24) is 25.2 Å². The van der Waals surface area contributed by atoms with E-state index >= 15 is 0 Å². The van der Waals surface area contributed by atoms with Crippen molar-refractivity contribution in [3.8, 4) is 0 Å². The molecule has 3 atom stereocenters. The average Bonchev–Trinajstić information content (AvgIpc) is 3.18. The molecule has 31 heavy (non-hydrogen) atoms. The summed E-state index contributed by atoms with van der Waals surface area (Å²) in [4.78, 5) is 38.8. The number of hydrogen-bond donors (Lipinski definition) is 2. The van der Waals surface area contributed by atoms with Crippen LogP contribution >= 0.6 is 0 Å². The largest absolute Gasteiger partial charge is 0.444 e. The Morgan fingerprint density at radius 1 is 1.23 bits per heavy atom. The second kappa shape index (κ2) is 10.6. The Morgan fingerprint density at radius 2 is 1.87 bits per heavy atom. The van der Waals surface area contributed by atoms with Crippen molar-refractivity contribution in [1.29, 1.82) is 0 Å². The molecule has 1 fully saturated rings. The van der Waals surface area contributed by atoms with E-state index in [4.69, 9.17) is 10.5 Å².